The lowest BCUT2D eigenvalue weighted by Gasteiger charge is -2.23. The molecule has 3 aromatic rings. The molecule has 148 valence electrons. The summed E-state index contributed by atoms with van der Waals surface area (Å²) in [7, 11) is 1.66. The zero-order valence-electron chi connectivity index (χ0n) is 17.1. The highest BCUT2D eigenvalue weighted by molar-refractivity contribution is 5.87. The fourth-order valence-electron chi connectivity index (χ4n) is 3.51. The zero-order chi connectivity index (χ0) is 20.1. The Morgan fingerprint density at radius 1 is 1.07 bits per heavy atom. The molecule has 0 amide bonds. The Morgan fingerprint density at radius 3 is 2.54 bits per heavy atom. The van der Waals surface area contributed by atoms with Crippen LogP contribution >= 0.6 is 0 Å². The molecule has 0 saturated carbocycles. The Labute approximate surface area is 165 Å². The number of nitrogens with zero attached hydrogens (tertiary/aromatic N) is 2. The minimum absolute atomic E-state index is 0.0728. The molecule has 2 N–H and O–H groups in total. The molecule has 1 saturated heterocycles. The Morgan fingerprint density at radius 2 is 1.82 bits per heavy atom. The van der Waals surface area contributed by atoms with Gasteiger partial charge in [-0.25, -0.2) is 0 Å². The summed E-state index contributed by atoms with van der Waals surface area (Å²) in [5.74, 6) is 1.01. The highest BCUT2D eigenvalue weighted by Crippen LogP contribution is 2.22. The summed E-state index contributed by atoms with van der Waals surface area (Å²) in [6.07, 6.45) is 1.92. The van der Waals surface area contributed by atoms with Crippen LogP contribution in [0.15, 0.2) is 47.4 Å². The number of fused-ring (bicyclic) bond motifs is 1. The Kier molecular flexibility index (Phi) is 6.31. The van der Waals surface area contributed by atoms with Crippen molar-refractivity contribution in [1.82, 2.24) is 10.3 Å². The molecule has 0 aliphatic carbocycles. The van der Waals surface area contributed by atoms with E-state index in [-0.39, 0.29) is 5.56 Å². The van der Waals surface area contributed by atoms with Crippen molar-refractivity contribution in [3.05, 3.63) is 58.5 Å². The van der Waals surface area contributed by atoms with E-state index in [0.717, 1.165) is 54.2 Å². The number of pyridine rings is 2. The van der Waals surface area contributed by atoms with Crippen molar-refractivity contribution in [3.8, 4) is 11.3 Å². The van der Waals surface area contributed by atoms with E-state index in [1.807, 2.05) is 63.4 Å². The van der Waals surface area contributed by atoms with Crippen LogP contribution in [0.5, 0.6) is 0 Å². The van der Waals surface area contributed by atoms with Crippen LogP contribution < -0.4 is 25.3 Å². The lowest BCUT2D eigenvalue weighted by atomic mass is 10.0. The van der Waals surface area contributed by atoms with Gasteiger partial charge in [-0.2, -0.15) is 0 Å². The van der Waals surface area contributed by atoms with Crippen LogP contribution in [0.2, 0.25) is 0 Å². The second-order valence-electron chi connectivity index (χ2n) is 6.57. The van der Waals surface area contributed by atoms with Gasteiger partial charge < -0.3 is 15.1 Å². The number of H-pyrrole nitrogens is 1. The first-order valence-electron chi connectivity index (χ1n) is 9.86. The molecule has 0 radical (unpaired) electrons. The van der Waals surface area contributed by atoms with Gasteiger partial charge in [0, 0.05) is 30.1 Å². The number of aryl methyl sites for hydroxylation is 1. The van der Waals surface area contributed by atoms with Gasteiger partial charge >= 0.3 is 5.82 Å². The third-order valence-corrected chi connectivity index (χ3v) is 4.95. The predicted octanol–water partition coefficient (Wildman–Crippen LogP) is 2.29. The van der Waals surface area contributed by atoms with Gasteiger partial charge in [0.05, 0.1) is 18.8 Å². The van der Waals surface area contributed by atoms with E-state index >= 15 is 0 Å². The molecular formula is C22H29N4O2+. The molecule has 1 aliphatic rings. The second kappa shape index (κ2) is 8.89. The molecule has 6 heteroatoms. The van der Waals surface area contributed by atoms with Crippen molar-refractivity contribution in [3.63, 3.8) is 0 Å². The van der Waals surface area contributed by atoms with Crippen molar-refractivity contribution in [2.45, 2.75) is 20.8 Å². The summed E-state index contributed by atoms with van der Waals surface area (Å²) in [6.45, 7) is 9.82. The molecule has 3 heterocycles. The molecule has 0 atom stereocenters. The number of anilines is 1. The van der Waals surface area contributed by atoms with Gasteiger partial charge in [-0.15, -0.1) is 0 Å². The molecular weight excluding hydrogens is 352 g/mol. The zero-order valence-corrected chi connectivity index (χ0v) is 17.1. The number of aromatic nitrogens is 2. The van der Waals surface area contributed by atoms with E-state index in [0.29, 0.717) is 5.39 Å². The lowest BCUT2D eigenvalue weighted by molar-refractivity contribution is -0.875. The predicted molar refractivity (Wildman–Crippen MR) is 114 cm³/mol. The molecule has 0 spiro atoms. The van der Waals surface area contributed by atoms with Crippen LogP contribution in [-0.4, -0.2) is 38.3 Å². The van der Waals surface area contributed by atoms with Crippen LogP contribution in [-0.2, 0) is 0 Å². The lowest BCUT2D eigenvalue weighted by Crippen LogP contribution is -2.52. The second-order valence-corrected chi connectivity index (χ2v) is 6.57. The maximum absolute atomic E-state index is 12.5. The van der Waals surface area contributed by atoms with E-state index in [1.54, 1.807) is 11.8 Å². The van der Waals surface area contributed by atoms with Crippen molar-refractivity contribution in [2.75, 3.05) is 38.2 Å². The fourth-order valence-corrected chi connectivity index (χ4v) is 3.51. The number of hydrogen-bond donors (Lipinski definition) is 2. The number of hydrogen-bond acceptors (Lipinski definition) is 4. The van der Waals surface area contributed by atoms with E-state index in [9.17, 15) is 4.79 Å². The first-order valence-corrected chi connectivity index (χ1v) is 9.86. The summed E-state index contributed by atoms with van der Waals surface area (Å²) < 4.78 is 1.76. The van der Waals surface area contributed by atoms with E-state index < -0.39 is 0 Å². The van der Waals surface area contributed by atoms with Gasteiger partial charge in [0.15, 0.2) is 0 Å². The van der Waals surface area contributed by atoms with Gasteiger partial charge in [0.25, 0.3) is 5.56 Å². The minimum Gasteiger partial charge on any atom is -0.339 e. The third-order valence-electron chi connectivity index (χ3n) is 4.95. The summed E-state index contributed by atoms with van der Waals surface area (Å²) in [6, 6.07) is 11.9. The Hall–Kier alpha value is -2.86. The summed E-state index contributed by atoms with van der Waals surface area (Å²) in [5.41, 5.74) is 2.71. The van der Waals surface area contributed by atoms with Crippen molar-refractivity contribution >= 4 is 16.6 Å². The van der Waals surface area contributed by atoms with Crippen LogP contribution in [0, 0.1) is 6.92 Å². The van der Waals surface area contributed by atoms with E-state index in [1.165, 1.54) is 0 Å². The number of benzene rings is 1. The molecule has 1 aliphatic heterocycles. The Balaban J connectivity index is 0.00000109. The first kappa shape index (κ1) is 19.9. The average Bonchev–Trinajstić information content (AvgIpc) is 2.76. The fraction of sp³-hybridized carbons (Fsp3) is 0.364. The molecule has 2 aromatic heterocycles. The van der Waals surface area contributed by atoms with Crippen molar-refractivity contribution < 1.29 is 9.57 Å². The number of piperazine rings is 1. The molecule has 0 unspecified atom stereocenters. The van der Waals surface area contributed by atoms with Crippen LogP contribution in [0.1, 0.15) is 19.4 Å². The minimum atomic E-state index is -0.0728. The highest BCUT2D eigenvalue weighted by atomic mass is 16.6. The molecule has 0 bridgehead atoms. The van der Waals surface area contributed by atoms with Gasteiger partial charge in [-0.05, 0) is 40.8 Å². The summed E-state index contributed by atoms with van der Waals surface area (Å²) in [5, 5.41) is 5.04. The Bertz CT molecular complexity index is 1010. The van der Waals surface area contributed by atoms with Gasteiger partial charge in [0.1, 0.15) is 13.3 Å². The maximum Gasteiger partial charge on any atom is 0.316 e. The van der Waals surface area contributed by atoms with Crippen LogP contribution in [0.4, 0.5) is 5.82 Å². The first-order chi connectivity index (χ1) is 13.7. The SMILES string of the molecule is CC.CO[n+]1cc(-c2cc3c(C)cccc3c(=O)[nH]2)ccc1N1CCNCC1. The monoisotopic (exact) mass is 381 g/mol. The largest absolute Gasteiger partial charge is 0.339 e. The van der Waals surface area contributed by atoms with Gasteiger partial charge in [-0.1, -0.05) is 26.0 Å². The van der Waals surface area contributed by atoms with E-state index in [2.05, 4.69) is 15.2 Å². The van der Waals surface area contributed by atoms with Crippen molar-refractivity contribution in [1.29, 1.82) is 0 Å². The van der Waals surface area contributed by atoms with E-state index in [4.69, 9.17) is 4.84 Å². The number of aromatic amines is 1. The summed E-state index contributed by atoms with van der Waals surface area (Å²) in [4.78, 5) is 23.3. The molecule has 1 aromatic carbocycles. The normalized spacial score (nSPS) is 13.8. The molecule has 6 nitrogen and oxygen atoms in total. The average molecular weight is 382 g/mol. The van der Waals surface area contributed by atoms with Gasteiger partial charge in [0.2, 0.25) is 0 Å². The summed E-state index contributed by atoms with van der Waals surface area (Å²) >= 11 is 0. The molecule has 4 rings (SSSR count). The molecule has 28 heavy (non-hydrogen) atoms. The highest BCUT2D eigenvalue weighted by Gasteiger charge is 2.23. The third kappa shape index (κ3) is 3.87. The van der Waals surface area contributed by atoms with Crippen LogP contribution in [0.25, 0.3) is 22.0 Å². The topological polar surface area (TPSA) is 61.2 Å². The smallest absolute Gasteiger partial charge is 0.316 e. The van der Waals surface area contributed by atoms with Crippen molar-refractivity contribution in [2.24, 2.45) is 0 Å². The quantitative estimate of drug-likeness (QED) is 0.684. The number of rotatable bonds is 3. The van der Waals surface area contributed by atoms with Gasteiger partial charge in [-0.3, -0.25) is 9.69 Å². The van der Waals surface area contributed by atoms with Crippen LogP contribution in [0.3, 0.4) is 0 Å². The molecule has 1 fully saturated rings. The standard InChI is InChI=1S/C20H22N4O2.C2H6/c1-14-4-3-5-16-17(14)12-18(22-20(16)25)15-6-7-19(24(13-15)26-2)23-10-8-21-9-11-23;1-2/h3-7,12-13,21H,8-11H2,1-2H3;1-2H3/p+1. The maximum atomic E-state index is 12.5. The number of nitrogens with one attached hydrogen (secondary N) is 2.